The fraction of sp³-hybridized carbons (Fsp3) is 0.800. The minimum atomic E-state index is -0.0745. The fourth-order valence-electron chi connectivity index (χ4n) is 2.55. The molecule has 15 heavy (non-hydrogen) atoms. The van der Waals surface area contributed by atoms with Gasteiger partial charge in [0, 0.05) is 24.0 Å². The number of hydrogen-bond donors (Lipinski definition) is 2. The molecule has 1 aromatic rings. The first-order chi connectivity index (χ1) is 7.20. The van der Waals surface area contributed by atoms with Gasteiger partial charge in [-0.2, -0.15) is 4.37 Å². The molecule has 0 aromatic carbocycles. The van der Waals surface area contributed by atoms with Gasteiger partial charge in [0.1, 0.15) is 5.82 Å². The van der Waals surface area contributed by atoms with Crippen molar-refractivity contribution in [2.75, 3.05) is 6.54 Å². The van der Waals surface area contributed by atoms with Crippen molar-refractivity contribution in [2.45, 2.75) is 32.1 Å². The molecular formula is C10H17N3OS. The molecule has 0 radical (unpaired) electrons. The average Bonchev–Trinajstić information content (AvgIpc) is 2.78. The molecule has 5 heteroatoms. The first-order valence-corrected chi connectivity index (χ1v) is 6.24. The van der Waals surface area contributed by atoms with Gasteiger partial charge in [0.25, 0.3) is 0 Å². The van der Waals surface area contributed by atoms with Crippen LogP contribution in [0.5, 0.6) is 0 Å². The lowest BCUT2D eigenvalue weighted by Crippen LogP contribution is -2.21. The highest BCUT2D eigenvalue weighted by atomic mass is 32.1. The molecule has 2 rings (SSSR count). The van der Waals surface area contributed by atoms with E-state index < -0.39 is 0 Å². The molecule has 3 atom stereocenters. The Morgan fingerprint density at radius 3 is 2.93 bits per heavy atom. The van der Waals surface area contributed by atoms with E-state index >= 15 is 0 Å². The van der Waals surface area contributed by atoms with Crippen LogP contribution in [0.4, 0.5) is 0 Å². The van der Waals surface area contributed by atoms with Gasteiger partial charge in [-0.05, 0) is 24.7 Å². The van der Waals surface area contributed by atoms with Crippen molar-refractivity contribution in [2.24, 2.45) is 17.6 Å². The molecule has 4 nitrogen and oxygen atoms in total. The second-order valence-corrected chi connectivity index (χ2v) is 5.24. The third-order valence-corrected chi connectivity index (χ3v) is 3.92. The van der Waals surface area contributed by atoms with E-state index in [-0.39, 0.29) is 10.8 Å². The van der Waals surface area contributed by atoms with E-state index in [0.717, 1.165) is 23.3 Å². The summed E-state index contributed by atoms with van der Waals surface area (Å²) >= 11 is 0.991. The lowest BCUT2D eigenvalue weighted by atomic mass is 9.89. The zero-order valence-corrected chi connectivity index (χ0v) is 9.72. The van der Waals surface area contributed by atoms with Crippen LogP contribution in [0.15, 0.2) is 4.79 Å². The van der Waals surface area contributed by atoms with E-state index in [1.54, 1.807) is 0 Å². The Hall–Kier alpha value is -0.680. The van der Waals surface area contributed by atoms with Crippen LogP contribution in [0.2, 0.25) is 0 Å². The smallest absolute Gasteiger partial charge is 0.323 e. The van der Waals surface area contributed by atoms with E-state index in [0.29, 0.717) is 12.5 Å². The van der Waals surface area contributed by atoms with Crippen molar-refractivity contribution in [3.63, 3.8) is 0 Å². The topological polar surface area (TPSA) is 71.8 Å². The molecule has 0 amide bonds. The summed E-state index contributed by atoms with van der Waals surface area (Å²) in [5, 5.41) is 0. The summed E-state index contributed by atoms with van der Waals surface area (Å²) in [4.78, 5) is 13.8. The normalized spacial score (nSPS) is 28.1. The number of nitrogens with two attached hydrogens (primary N) is 1. The van der Waals surface area contributed by atoms with Crippen molar-refractivity contribution in [1.82, 2.24) is 9.36 Å². The molecule has 3 N–H and O–H groups in total. The summed E-state index contributed by atoms with van der Waals surface area (Å²) in [5.74, 6) is 2.43. The molecular weight excluding hydrogens is 210 g/mol. The van der Waals surface area contributed by atoms with Gasteiger partial charge in [-0.15, -0.1) is 0 Å². The van der Waals surface area contributed by atoms with Crippen LogP contribution in [0, 0.1) is 11.8 Å². The Labute approximate surface area is 93.1 Å². The largest absolute Gasteiger partial charge is 0.330 e. The number of aromatic amines is 1. The summed E-state index contributed by atoms with van der Waals surface area (Å²) in [6.07, 6.45) is 3.69. The third-order valence-electron chi connectivity index (χ3n) is 3.37. The Morgan fingerprint density at radius 2 is 2.47 bits per heavy atom. The van der Waals surface area contributed by atoms with Crippen LogP contribution >= 0.6 is 11.5 Å². The standard InChI is InChI=1S/C10H17N3OS/c1-6-2-3-7(4-6)8(5-11)9-12-10(14)15-13-9/h6-8H,2-5,11H2,1H3,(H,12,13,14)/t6-,7+,8+/m0/s1. The maximum atomic E-state index is 11.0. The minimum Gasteiger partial charge on any atom is -0.330 e. The Kier molecular flexibility index (Phi) is 3.21. The van der Waals surface area contributed by atoms with Crippen molar-refractivity contribution in [3.8, 4) is 0 Å². The number of nitrogens with one attached hydrogen (secondary N) is 1. The second kappa shape index (κ2) is 4.45. The quantitative estimate of drug-likeness (QED) is 0.817. The van der Waals surface area contributed by atoms with Crippen LogP contribution < -0.4 is 10.6 Å². The van der Waals surface area contributed by atoms with Gasteiger partial charge >= 0.3 is 4.87 Å². The zero-order valence-electron chi connectivity index (χ0n) is 8.90. The van der Waals surface area contributed by atoms with Gasteiger partial charge in [0.05, 0.1) is 0 Å². The van der Waals surface area contributed by atoms with Crippen LogP contribution in [-0.2, 0) is 0 Å². The van der Waals surface area contributed by atoms with E-state index in [1.165, 1.54) is 19.3 Å². The van der Waals surface area contributed by atoms with Crippen LogP contribution in [0.25, 0.3) is 0 Å². The Balaban J connectivity index is 2.13. The van der Waals surface area contributed by atoms with Crippen LogP contribution in [0.1, 0.15) is 37.9 Å². The average molecular weight is 227 g/mol. The Bertz CT molecular complexity index is 373. The number of rotatable bonds is 3. The molecule has 0 spiro atoms. The number of aromatic nitrogens is 2. The van der Waals surface area contributed by atoms with Crippen molar-refractivity contribution in [1.29, 1.82) is 0 Å². The predicted octanol–water partition coefficient (Wildman–Crippen LogP) is 1.31. The second-order valence-electron chi connectivity index (χ2n) is 4.50. The monoisotopic (exact) mass is 227 g/mol. The maximum Gasteiger partial charge on any atom is 0.323 e. The minimum absolute atomic E-state index is 0.0745. The molecule has 0 unspecified atom stereocenters. The lowest BCUT2D eigenvalue weighted by Gasteiger charge is -2.19. The summed E-state index contributed by atoms with van der Waals surface area (Å²) in [6.45, 7) is 2.86. The van der Waals surface area contributed by atoms with Gasteiger partial charge in [0.15, 0.2) is 0 Å². The van der Waals surface area contributed by atoms with Crippen LogP contribution in [-0.4, -0.2) is 15.9 Å². The molecule has 1 aromatic heterocycles. The summed E-state index contributed by atoms with van der Waals surface area (Å²) in [5.41, 5.74) is 5.78. The lowest BCUT2D eigenvalue weighted by molar-refractivity contribution is 0.413. The number of hydrogen-bond acceptors (Lipinski definition) is 4. The van der Waals surface area contributed by atoms with Gasteiger partial charge in [-0.25, -0.2) is 0 Å². The highest BCUT2D eigenvalue weighted by Crippen LogP contribution is 2.38. The third kappa shape index (κ3) is 2.29. The molecule has 1 saturated carbocycles. The number of nitrogens with zero attached hydrogens (tertiary/aromatic N) is 1. The highest BCUT2D eigenvalue weighted by molar-refractivity contribution is 7.02. The zero-order chi connectivity index (χ0) is 10.8. The fourth-order valence-corrected chi connectivity index (χ4v) is 3.06. The van der Waals surface area contributed by atoms with Gasteiger partial charge < -0.3 is 5.73 Å². The van der Waals surface area contributed by atoms with Crippen molar-refractivity contribution in [3.05, 3.63) is 15.5 Å². The highest BCUT2D eigenvalue weighted by Gasteiger charge is 2.30. The summed E-state index contributed by atoms with van der Waals surface area (Å²) in [7, 11) is 0. The predicted molar refractivity (Wildman–Crippen MR) is 61.0 cm³/mol. The van der Waals surface area contributed by atoms with Gasteiger partial charge in [-0.3, -0.25) is 9.78 Å². The van der Waals surface area contributed by atoms with E-state index in [4.69, 9.17) is 5.73 Å². The van der Waals surface area contributed by atoms with E-state index in [2.05, 4.69) is 16.3 Å². The summed E-state index contributed by atoms with van der Waals surface area (Å²) in [6, 6.07) is 0. The maximum absolute atomic E-state index is 11.0. The molecule has 0 aliphatic heterocycles. The van der Waals surface area contributed by atoms with E-state index in [9.17, 15) is 4.79 Å². The SMILES string of the molecule is C[C@H]1CC[C@@H]([C@@H](CN)c2nsc(=O)[nH]2)C1. The van der Waals surface area contributed by atoms with Gasteiger partial charge in [0.2, 0.25) is 0 Å². The van der Waals surface area contributed by atoms with Crippen molar-refractivity contribution < 1.29 is 0 Å². The Morgan fingerprint density at radius 1 is 1.67 bits per heavy atom. The summed E-state index contributed by atoms with van der Waals surface area (Å²) < 4.78 is 4.15. The molecule has 1 aliphatic carbocycles. The molecule has 84 valence electrons. The van der Waals surface area contributed by atoms with Crippen molar-refractivity contribution >= 4 is 11.5 Å². The molecule has 1 heterocycles. The first kappa shape index (κ1) is 10.8. The van der Waals surface area contributed by atoms with Crippen LogP contribution in [0.3, 0.4) is 0 Å². The molecule has 1 aliphatic rings. The van der Waals surface area contributed by atoms with Gasteiger partial charge in [-0.1, -0.05) is 13.3 Å². The van der Waals surface area contributed by atoms with E-state index in [1.807, 2.05) is 0 Å². The number of H-pyrrole nitrogens is 1. The molecule has 1 fully saturated rings. The molecule has 0 saturated heterocycles. The molecule has 0 bridgehead atoms. The first-order valence-electron chi connectivity index (χ1n) is 5.46.